The van der Waals surface area contributed by atoms with Crippen LogP contribution in [0.25, 0.3) is 0 Å². The van der Waals surface area contributed by atoms with Gasteiger partial charge in [-0.15, -0.1) is 0 Å². The van der Waals surface area contributed by atoms with Crippen LogP contribution in [0.3, 0.4) is 0 Å². The first-order chi connectivity index (χ1) is 12.0. The molecular weight excluding hydrogens is 318 g/mol. The molecule has 2 heterocycles. The molecule has 1 aliphatic heterocycles. The Hall–Kier alpha value is -2.56. The first-order valence-electron chi connectivity index (χ1n) is 8.72. The molecule has 1 N–H and O–H groups in total. The van der Waals surface area contributed by atoms with Gasteiger partial charge in [-0.05, 0) is 36.8 Å². The zero-order valence-corrected chi connectivity index (χ0v) is 14.6. The molecule has 0 saturated carbocycles. The van der Waals surface area contributed by atoms with Crippen molar-refractivity contribution in [1.29, 1.82) is 0 Å². The van der Waals surface area contributed by atoms with Gasteiger partial charge in [-0.2, -0.15) is 0 Å². The number of aryl methyl sites for hydroxylation is 2. The van der Waals surface area contributed by atoms with E-state index in [1.54, 1.807) is 4.90 Å². The van der Waals surface area contributed by atoms with Crippen LogP contribution in [0.5, 0.6) is 0 Å². The predicted octanol–water partition coefficient (Wildman–Crippen LogP) is 3.87. The molecule has 3 rings (SSSR count). The monoisotopic (exact) mass is 341 g/mol. The number of hydrogen-bond acceptors (Lipinski definition) is 3. The Bertz CT molecular complexity index is 785. The number of furan rings is 1. The zero-order chi connectivity index (χ0) is 18.0. The fourth-order valence-electron chi connectivity index (χ4n) is 3.57. The summed E-state index contributed by atoms with van der Waals surface area (Å²) >= 11 is 0. The van der Waals surface area contributed by atoms with Crippen LogP contribution in [-0.2, 0) is 6.42 Å². The summed E-state index contributed by atoms with van der Waals surface area (Å²) < 4.78 is 5.50. The molecule has 0 aliphatic carbocycles. The predicted molar refractivity (Wildman–Crippen MR) is 94.1 cm³/mol. The maximum Gasteiger partial charge on any atom is 0.339 e. The smallest absolute Gasteiger partial charge is 0.339 e. The molecule has 5 heteroatoms. The number of rotatable bonds is 4. The summed E-state index contributed by atoms with van der Waals surface area (Å²) in [6.07, 6.45) is 2.26. The highest BCUT2D eigenvalue weighted by molar-refractivity contribution is 5.96. The van der Waals surface area contributed by atoms with Crippen molar-refractivity contribution in [2.45, 2.75) is 39.0 Å². The Morgan fingerprint density at radius 1 is 1.24 bits per heavy atom. The van der Waals surface area contributed by atoms with Gasteiger partial charge in [0.05, 0.1) is 0 Å². The minimum atomic E-state index is -1.06. The van der Waals surface area contributed by atoms with Crippen LogP contribution in [0.2, 0.25) is 0 Å². The van der Waals surface area contributed by atoms with Gasteiger partial charge in [0.1, 0.15) is 11.3 Å². The first-order valence-corrected chi connectivity index (χ1v) is 8.72. The Morgan fingerprint density at radius 3 is 2.48 bits per heavy atom. The number of amides is 1. The number of likely N-dealkylation sites (tertiary alicyclic amines) is 1. The lowest BCUT2D eigenvalue weighted by atomic mass is 9.87. The van der Waals surface area contributed by atoms with Gasteiger partial charge in [-0.3, -0.25) is 4.79 Å². The molecule has 1 aromatic carbocycles. The van der Waals surface area contributed by atoms with Gasteiger partial charge in [-0.25, -0.2) is 4.79 Å². The maximum atomic E-state index is 12.7. The number of hydrogen-bond donors (Lipinski definition) is 1. The lowest BCUT2D eigenvalue weighted by Crippen LogP contribution is -2.37. The number of carboxylic acid groups (broad SMARTS) is 1. The fourth-order valence-corrected chi connectivity index (χ4v) is 3.57. The van der Waals surface area contributed by atoms with E-state index in [0.29, 0.717) is 31.2 Å². The highest BCUT2D eigenvalue weighted by atomic mass is 16.4. The number of piperidine rings is 1. The third kappa shape index (κ3) is 3.45. The van der Waals surface area contributed by atoms with Crippen LogP contribution in [0, 0.1) is 6.92 Å². The van der Waals surface area contributed by atoms with Gasteiger partial charge < -0.3 is 14.4 Å². The summed E-state index contributed by atoms with van der Waals surface area (Å²) in [5.41, 5.74) is 2.73. The molecule has 1 aromatic heterocycles. The molecule has 25 heavy (non-hydrogen) atoms. The molecule has 5 nitrogen and oxygen atoms in total. The van der Waals surface area contributed by atoms with Crippen molar-refractivity contribution in [2.75, 3.05) is 13.1 Å². The lowest BCUT2D eigenvalue weighted by Gasteiger charge is -2.32. The van der Waals surface area contributed by atoms with Crippen molar-refractivity contribution in [2.24, 2.45) is 0 Å². The average molecular weight is 341 g/mol. The second-order valence-corrected chi connectivity index (χ2v) is 6.53. The minimum absolute atomic E-state index is 0.0839. The van der Waals surface area contributed by atoms with Crippen LogP contribution in [0.15, 0.2) is 34.7 Å². The summed E-state index contributed by atoms with van der Waals surface area (Å²) in [4.78, 5) is 25.7. The first kappa shape index (κ1) is 17.3. The number of carbonyl (C=O) groups excluding carboxylic acids is 1. The van der Waals surface area contributed by atoms with E-state index < -0.39 is 5.97 Å². The number of carboxylic acids is 1. The average Bonchev–Trinajstić information content (AvgIpc) is 3.06. The minimum Gasteiger partial charge on any atom is -0.478 e. The van der Waals surface area contributed by atoms with Gasteiger partial charge in [0.25, 0.3) is 5.91 Å². The largest absolute Gasteiger partial charge is 0.478 e. The Morgan fingerprint density at radius 2 is 1.92 bits per heavy atom. The van der Waals surface area contributed by atoms with Crippen molar-refractivity contribution < 1.29 is 19.1 Å². The third-order valence-electron chi connectivity index (χ3n) is 4.98. The van der Waals surface area contributed by atoms with Crippen LogP contribution < -0.4 is 0 Å². The quantitative estimate of drug-likeness (QED) is 0.916. The Labute approximate surface area is 147 Å². The molecule has 1 aliphatic rings. The van der Waals surface area contributed by atoms with Gasteiger partial charge >= 0.3 is 5.97 Å². The summed E-state index contributed by atoms with van der Waals surface area (Å²) in [6, 6.07) is 9.74. The fraction of sp³-hybridized carbons (Fsp3) is 0.400. The molecular formula is C20H23NO4. The lowest BCUT2D eigenvalue weighted by molar-refractivity contribution is 0.0673. The molecule has 0 unspecified atom stereocenters. The van der Waals surface area contributed by atoms with Crippen molar-refractivity contribution in [3.8, 4) is 0 Å². The molecule has 1 amide bonds. The normalized spacial score (nSPS) is 15.4. The molecule has 0 atom stereocenters. The van der Waals surface area contributed by atoms with E-state index in [1.165, 1.54) is 17.2 Å². The molecule has 0 bridgehead atoms. The molecule has 0 radical (unpaired) electrons. The van der Waals surface area contributed by atoms with E-state index >= 15 is 0 Å². The van der Waals surface area contributed by atoms with E-state index in [2.05, 4.69) is 25.1 Å². The van der Waals surface area contributed by atoms with E-state index in [-0.39, 0.29) is 17.2 Å². The summed E-state index contributed by atoms with van der Waals surface area (Å²) in [7, 11) is 0. The van der Waals surface area contributed by atoms with E-state index in [4.69, 9.17) is 4.42 Å². The van der Waals surface area contributed by atoms with Gasteiger partial charge in [-0.1, -0.05) is 31.2 Å². The number of nitrogens with zero attached hydrogens (tertiary/aromatic N) is 1. The van der Waals surface area contributed by atoms with Crippen LogP contribution in [-0.4, -0.2) is 35.0 Å². The number of carbonyl (C=O) groups is 2. The number of benzene rings is 1. The van der Waals surface area contributed by atoms with Crippen molar-refractivity contribution >= 4 is 11.9 Å². The van der Waals surface area contributed by atoms with Gasteiger partial charge in [0.2, 0.25) is 0 Å². The summed E-state index contributed by atoms with van der Waals surface area (Å²) in [5, 5.41) is 9.20. The molecule has 1 saturated heterocycles. The summed E-state index contributed by atoms with van der Waals surface area (Å²) in [5.74, 6) is -0.333. The van der Waals surface area contributed by atoms with Crippen molar-refractivity contribution in [3.63, 3.8) is 0 Å². The van der Waals surface area contributed by atoms with E-state index in [1.807, 2.05) is 13.0 Å². The van der Waals surface area contributed by atoms with Crippen LogP contribution in [0.4, 0.5) is 0 Å². The highest BCUT2D eigenvalue weighted by Crippen LogP contribution is 2.31. The summed E-state index contributed by atoms with van der Waals surface area (Å²) in [6.45, 7) is 5.24. The van der Waals surface area contributed by atoms with Crippen LogP contribution in [0.1, 0.15) is 63.5 Å². The zero-order valence-electron chi connectivity index (χ0n) is 14.6. The third-order valence-corrected chi connectivity index (χ3v) is 4.98. The topological polar surface area (TPSA) is 70.8 Å². The van der Waals surface area contributed by atoms with Crippen molar-refractivity contribution in [3.05, 3.63) is 58.5 Å². The highest BCUT2D eigenvalue weighted by Gasteiger charge is 2.28. The van der Waals surface area contributed by atoms with Gasteiger partial charge in [0.15, 0.2) is 5.76 Å². The standard InChI is InChI=1S/C20H23NO4/c1-3-17-16(20(23)24)12-18(25-17)19(22)21-10-8-14(9-11-21)15-7-5-4-6-13(15)2/h4-7,12,14H,3,8-11H2,1-2H3,(H,23,24). The van der Waals surface area contributed by atoms with Gasteiger partial charge in [0, 0.05) is 25.6 Å². The maximum absolute atomic E-state index is 12.7. The molecule has 0 spiro atoms. The SMILES string of the molecule is CCc1oc(C(=O)N2CCC(c3ccccc3C)CC2)cc1C(=O)O. The Balaban J connectivity index is 1.70. The Kier molecular flexibility index (Phi) is 4.93. The van der Waals surface area contributed by atoms with E-state index in [9.17, 15) is 14.7 Å². The molecule has 1 fully saturated rings. The molecule has 132 valence electrons. The van der Waals surface area contributed by atoms with Crippen molar-refractivity contribution in [1.82, 2.24) is 4.90 Å². The second-order valence-electron chi connectivity index (χ2n) is 6.53. The molecule has 2 aromatic rings. The van der Waals surface area contributed by atoms with Crippen LogP contribution >= 0.6 is 0 Å². The van der Waals surface area contributed by atoms with E-state index in [0.717, 1.165) is 12.8 Å². The number of aromatic carboxylic acids is 1. The second kappa shape index (κ2) is 7.13.